The molecular weight excluding hydrogens is 154 g/mol. The summed E-state index contributed by atoms with van der Waals surface area (Å²) < 4.78 is 0. The van der Waals surface area contributed by atoms with E-state index >= 15 is 0 Å². The SMILES string of the molecule is CC[SiH](CNC)C(C)[SiH2]C. The first-order valence-corrected chi connectivity index (χ1v) is 8.93. The maximum Gasteiger partial charge on any atom is 0.0521 e. The monoisotopic (exact) mass is 175 g/mol. The van der Waals surface area contributed by atoms with E-state index in [-0.39, 0.29) is 18.3 Å². The maximum absolute atomic E-state index is 3.32. The summed E-state index contributed by atoms with van der Waals surface area (Å²) in [5, 5.41) is 4.47. The predicted octanol–water partition coefficient (Wildman–Crippen LogP) is 0.556. The quantitative estimate of drug-likeness (QED) is 0.602. The highest BCUT2D eigenvalue weighted by Gasteiger charge is 2.13. The van der Waals surface area contributed by atoms with Crippen molar-refractivity contribution in [1.29, 1.82) is 0 Å². The summed E-state index contributed by atoms with van der Waals surface area (Å²) >= 11 is 0. The van der Waals surface area contributed by atoms with Gasteiger partial charge in [-0.05, 0) is 13.2 Å². The van der Waals surface area contributed by atoms with Crippen LogP contribution >= 0.6 is 0 Å². The van der Waals surface area contributed by atoms with Gasteiger partial charge in [-0.1, -0.05) is 31.6 Å². The van der Waals surface area contributed by atoms with E-state index in [2.05, 4.69) is 32.8 Å². The Morgan fingerprint density at radius 2 is 2.20 bits per heavy atom. The van der Waals surface area contributed by atoms with Crippen molar-refractivity contribution in [2.24, 2.45) is 0 Å². The van der Waals surface area contributed by atoms with Crippen LogP contribution in [0.2, 0.25) is 17.8 Å². The van der Waals surface area contributed by atoms with Crippen LogP contribution in [0.15, 0.2) is 0 Å². The van der Waals surface area contributed by atoms with Crippen molar-refractivity contribution in [3.05, 3.63) is 0 Å². The molecule has 10 heavy (non-hydrogen) atoms. The first-order chi connectivity index (χ1) is 4.76. The minimum absolute atomic E-state index is 0.281. The minimum Gasteiger partial charge on any atom is -0.323 e. The molecule has 0 aliphatic rings. The van der Waals surface area contributed by atoms with Crippen LogP contribution in [0.4, 0.5) is 0 Å². The first kappa shape index (κ1) is 10.4. The van der Waals surface area contributed by atoms with Gasteiger partial charge in [-0.3, -0.25) is 0 Å². The van der Waals surface area contributed by atoms with Crippen molar-refractivity contribution in [3.8, 4) is 0 Å². The van der Waals surface area contributed by atoms with E-state index in [1.165, 1.54) is 12.2 Å². The molecule has 0 saturated heterocycles. The van der Waals surface area contributed by atoms with E-state index in [1.54, 1.807) is 0 Å². The third-order valence-corrected chi connectivity index (χ3v) is 10.7. The molecule has 0 radical (unpaired) electrons. The second kappa shape index (κ2) is 6.13. The van der Waals surface area contributed by atoms with E-state index in [4.69, 9.17) is 0 Å². The van der Waals surface area contributed by atoms with Gasteiger partial charge in [0.2, 0.25) is 0 Å². The van der Waals surface area contributed by atoms with Crippen molar-refractivity contribution in [1.82, 2.24) is 5.32 Å². The molecule has 0 aromatic rings. The lowest BCUT2D eigenvalue weighted by atomic mass is 10.9. The third kappa shape index (κ3) is 3.53. The molecule has 0 spiro atoms. The molecule has 3 heteroatoms. The summed E-state index contributed by atoms with van der Waals surface area (Å²) in [7, 11) is 2.01. The standard InChI is InChI=1S/C7H21NSi2/c1-5-10(6-8-3)7(2)9-4/h7-8,10H,5-6,9H2,1-4H3. The van der Waals surface area contributed by atoms with Gasteiger partial charge in [0.25, 0.3) is 0 Å². The molecule has 0 amide bonds. The fraction of sp³-hybridized carbons (Fsp3) is 1.00. The highest BCUT2D eigenvalue weighted by molar-refractivity contribution is 6.71. The van der Waals surface area contributed by atoms with Crippen molar-refractivity contribution in [2.45, 2.75) is 31.6 Å². The van der Waals surface area contributed by atoms with Gasteiger partial charge in [0.05, 0.1) is 8.80 Å². The normalized spacial score (nSPS) is 18.0. The molecule has 0 aromatic carbocycles. The predicted molar refractivity (Wildman–Crippen MR) is 55.4 cm³/mol. The average molecular weight is 175 g/mol. The molecule has 62 valence electrons. The Kier molecular flexibility index (Phi) is 6.37. The van der Waals surface area contributed by atoms with E-state index in [0.717, 1.165) is 5.16 Å². The smallest absolute Gasteiger partial charge is 0.0521 e. The highest BCUT2D eigenvalue weighted by atomic mass is 28.3. The van der Waals surface area contributed by atoms with Crippen molar-refractivity contribution in [2.75, 3.05) is 13.2 Å². The molecular formula is C7H21NSi2. The molecule has 2 atom stereocenters. The Balaban J connectivity index is 3.56. The Hall–Kier alpha value is 0.394. The molecule has 0 aromatic heterocycles. The number of hydrogen-bond donors (Lipinski definition) is 1. The van der Waals surface area contributed by atoms with Gasteiger partial charge in [0, 0.05) is 9.52 Å². The van der Waals surface area contributed by atoms with Gasteiger partial charge >= 0.3 is 0 Å². The molecule has 0 fully saturated rings. The molecule has 0 saturated carbocycles. The summed E-state index contributed by atoms with van der Waals surface area (Å²) in [6.45, 7) is 7.26. The Labute approximate surface area is 69.0 Å². The van der Waals surface area contributed by atoms with Crippen LogP contribution in [-0.4, -0.2) is 31.5 Å². The summed E-state index contributed by atoms with van der Waals surface area (Å²) in [5.41, 5.74) is 0. The topological polar surface area (TPSA) is 12.0 Å². The van der Waals surface area contributed by atoms with Crippen LogP contribution in [0.5, 0.6) is 0 Å². The number of nitrogens with one attached hydrogen (secondary N) is 1. The molecule has 0 bridgehead atoms. The fourth-order valence-corrected chi connectivity index (χ4v) is 7.53. The van der Waals surface area contributed by atoms with Crippen LogP contribution in [-0.2, 0) is 0 Å². The van der Waals surface area contributed by atoms with Gasteiger partial charge in [-0.15, -0.1) is 0 Å². The lowest BCUT2D eigenvalue weighted by Gasteiger charge is -2.18. The van der Waals surface area contributed by atoms with Gasteiger partial charge < -0.3 is 5.32 Å². The molecule has 1 nitrogen and oxygen atoms in total. The van der Waals surface area contributed by atoms with Crippen LogP contribution in [0, 0.1) is 0 Å². The summed E-state index contributed by atoms with van der Waals surface area (Å²) in [6.07, 6.45) is 1.35. The zero-order valence-corrected chi connectivity index (χ0v) is 10.3. The van der Waals surface area contributed by atoms with Gasteiger partial charge in [0.15, 0.2) is 0 Å². The zero-order chi connectivity index (χ0) is 7.98. The number of rotatable bonds is 5. The minimum atomic E-state index is -0.356. The molecule has 0 heterocycles. The molecule has 2 unspecified atom stereocenters. The summed E-state index contributed by atoms with van der Waals surface area (Å²) in [5.74, 6) is 0. The van der Waals surface area contributed by atoms with Crippen LogP contribution in [0.25, 0.3) is 0 Å². The van der Waals surface area contributed by atoms with Crippen LogP contribution in [0.3, 0.4) is 0 Å². The Morgan fingerprint density at radius 3 is 2.50 bits per heavy atom. The lowest BCUT2D eigenvalue weighted by Crippen LogP contribution is -2.32. The largest absolute Gasteiger partial charge is 0.323 e. The first-order valence-electron chi connectivity index (χ1n) is 4.40. The average Bonchev–Trinajstić information content (AvgIpc) is 1.99. The molecule has 1 N–H and O–H groups in total. The van der Waals surface area contributed by atoms with E-state index in [1.807, 2.05) is 0 Å². The Morgan fingerprint density at radius 1 is 1.60 bits per heavy atom. The maximum atomic E-state index is 3.32. The van der Waals surface area contributed by atoms with E-state index in [9.17, 15) is 0 Å². The van der Waals surface area contributed by atoms with E-state index in [0.29, 0.717) is 0 Å². The summed E-state index contributed by atoms with van der Waals surface area (Å²) in [6, 6.07) is 1.48. The Bertz CT molecular complexity index is 78.0. The van der Waals surface area contributed by atoms with Crippen LogP contribution < -0.4 is 5.32 Å². The number of hydrogen-bond acceptors (Lipinski definition) is 1. The van der Waals surface area contributed by atoms with Crippen molar-refractivity contribution in [3.63, 3.8) is 0 Å². The second-order valence-electron chi connectivity index (χ2n) is 3.11. The van der Waals surface area contributed by atoms with Gasteiger partial charge in [-0.2, -0.15) is 0 Å². The van der Waals surface area contributed by atoms with Gasteiger partial charge in [-0.25, -0.2) is 0 Å². The highest BCUT2D eigenvalue weighted by Crippen LogP contribution is 2.09. The molecule has 0 rings (SSSR count). The molecule has 0 aliphatic heterocycles. The second-order valence-corrected chi connectivity index (χ2v) is 10.0. The van der Waals surface area contributed by atoms with E-state index < -0.39 is 0 Å². The summed E-state index contributed by atoms with van der Waals surface area (Å²) in [4.78, 5) is 0. The van der Waals surface area contributed by atoms with Crippen LogP contribution in [0.1, 0.15) is 13.8 Å². The molecule has 0 aliphatic carbocycles. The fourth-order valence-electron chi connectivity index (χ4n) is 1.34. The van der Waals surface area contributed by atoms with Gasteiger partial charge in [0.1, 0.15) is 0 Å². The lowest BCUT2D eigenvalue weighted by molar-refractivity contribution is 0.937. The third-order valence-electron chi connectivity index (χ3n) is 2.44. The zero-order valence-electron chi connectivity index (χ0n) is 7.78. The van der Waals surface area contributed by atoms with Crippen molar-refractivity contribution < 1.29 is 0 Å². The van der Waals surface area contributed by atoms with Crippen molar-refractivity contribution >= 4 is 18.3 Å².